The number of nitrogens with one attached hydrogen (secondary N) is 2. The summed E-state index contributed by atoms with van der Waals surface area (Å²) in [6, 6.07) is 12.7. The molecule has 4 rings (SSSR count). The average Bonchev–Trinajstić information content (AvgIpc) is 2.84. The first-order valence-electron chi connectivity index (χ1n) is 10.8. The van der Waals surface area contributed by atoms with Crippen LogP contribution in [0, 0.1) is 0 Å². The molecule has 0 bridgehead atoms. The maximum absolute atomic E-state index is 12.2. The van der Waals surface area contributed by atoms with Gasteiger partial charge in [-0.3, -0.25) is 9.59 Å². The molecule has 2 aliphatic rings. The third-order valence-corrected chi connectivity index (χ3v) is 5.51. The molecule has 0 aliphatic heterocycles. The van der Waals surface area contributed by atoms with Crippen molar-refractivity contribution in [2.75, 3.05) is 0 Å². The molecule has 0 unspecified atom stereocenters. The quantitative estimate of drug-likeness (QED) is 0.416. The molecule has 0 fully saturated rings. The molecule has 35 heavy (non-hydrogen) atoms. The SMILES string of the molecule is O=C1C=CC=C/C1=C/N[C@H](c1ccc(O)cc1)[C@@H](N/C=C1/C=CC=CC1=O)c1ccc(O)cc1.[Co]. The van der Waals surface area contributed by atoms with Crippen LogP contribution < -0.4 is 10.6 Å². The molecule has 0 amide bonds. The van der Waals surface area contributed by atoms with Crippen LogP contribution in [0.1, 0.15) is 23.2 Å². The fourth-order valence-electron chi connectivity index (χ4n) is 3.69. The summed E-state index contributed by atoms with van der Waals surface area (Å²) < 4.78 is 0. The topological polar surface area (TPSA) is 98.7 Å². The van der Waals surface area contributed by atoms with E-state index in [2.05, 4.69) is 10.6 Å². The molecule has 0 saturated carbocycles. The van der Waals surface area contributed by atoms with Crippen molar-refractivity contribution in [3.8, 4) is 11.5 Å². The molecule has 0 heterocycles. The number of phenols is 2. The van der Waals surface area contributed by atoms with Crippen molar-refractivity contribution in [3.05, 3.63) is 132 Å². The predicted molar refractivity (Wildman–Crippen MR) is 131 cm³/mol. The van der Waals surface area contributed by atoms with Gasteiger partial charge in [-0.05, 0) is 59.7 Å². The molecule has 179 valence electrons. The van der Waals surface area contributed by atoms with Gasteiger partial charge in [-0.2, -0.15) is 0 Å². The third kappa shape index (κ3) is 6.50. The Balaban J connectivity index is 0.00000342. The van der Waals surface area contributed by atoms with Gasteiger partial charge in [-0.15, -0.1) is 0 Å². The number of benzene rings is 2. The number of phenolic OH excluding ortho intramolecular Hbond substituents is 2. The van der Waals surface area contributed by atoms with E-state index >= 15 is 0 Å². The van der Waals surface area contributed by atoms with Crippen LogP contribution in [-0.4, -0.2) is 21.8 Å². The van der Waals surface area contributed by atoms with Gasteiger partial charge in [0.25, 0.3) is 0 Å². The molecule has 2 aliphatic carbocycles. The summed E-state index contributed by atoms with van der Waals surface area (Å²) in [6.07, 6.45) is 16.7. The molecule has 4 N–H and O–H groups in total. The summed E-state index contributed by atoms with van der Waals surface area (Å²) >= 11 is 0. The summed E-state index contributed by atoms with van der Waals surface area (Å²) in [5.41, 5.74) is 2.69. The molecule has 2 aromatic carbocycles. The number of carbonyl (C=O) groups is 2. The molecule has 7 heteroatoms. The van der Waals surface area contributed by atoms with Crippen LogP contribution in [0.3, 0.4) is 0 Å². The second-order valence-electron chi connectivity index (χ2n) is 7.84. The van der Waals surface area contributed by atoms with Gasteiger partial charge in [0.2, 0.25) is 0 Å². The van der Waals surface area contributed by atoms with E-state index in [1.807, 2.05) is 0 Å². The monoisotopic (exact) mass is 511 g/mol. The average molecular weight is 511 g/mol. The number of hydrogen-bond acceptors (Lipinski definition) is 6. The van der Waals surface area contributed by atoms with Crippen LogP contribution in [0.2, 0.25) is 0 Å². The Morgan fingerprint density at radius 3 is 1.26 bits per heavy atom. The Hall–Kier alpha value is -4.07. The molecular formula is C28H24CoN2O4. The first-order chi connectivity index (χ1) is 16.5. The van der Waals surface area contributed by atoms with Gasteiger partial charge >= 0.3 is 0 Å². The zero-order chi connectivity index (χ0) is 23.9. The van der Waals surface area contributed by atoms with Crippen LogP contribution >= 0.6 is 0 Å². The van der Waals surface area contributed by atoms with E-state index in [1.165, 1.54) is 12.2 Å². The van der Waals surface area contributed by atoms with E-state index in [0.717, 1.165) is 11.1 Å². The summed E-state index contributed by atoms with van der Waals surface area (Å²) in [6.45, 7) is 0. The van der Waals surface area contributed by atoms with Crippen LogP contribution in [-0.2, 0) is 26.4 Å². The minimum absolute atomic E-state index is 0. The van der Waals surface area contributed by atoms with Crippen molar-refractivity contribution in [1.29, 1.82) is 0 Å². The van der Waals surface area contributed by atoms with E-state index < -0.39 is 12.1 Å². The molecule has 2 atom stereocenters. The summed E-state index contributed by atoms with van der Waals surface area (Å²) in [7, 11) is 0. The minimum atomic E-state index is -0.403. The predicted octanol–water partition coefficient (Wildman–Crippen LogP) is 4.21. The van der Waals surface area contributed by atoms with Crippen LogP contribution in [0.25, 0.3) is 0 Å². The molecule has 0 aromatic heterocycles. The Labute approximate surface area is 214 Å². The Kier molecular flexibility index (Phi) is 8.67. The fraction of sp³-hybridized carbons (Fsp3) is 0.0714. The first kappa shape index (κ1) is 25.5. The Bertz CT molecular complexity index is 1150. The van der Waals surface area contributed by atoms with Crippen LogP contribution in [0.4, 0.5) is 0 Å². The van der Waals surface area contributed by atoms with E-state index in [-0.39, 0.29) is 39.8 Å². The van der Waals surface area contributed by atoms with Crippen molar-refractivity contribution in [2.45, 2.75) is 12.1 Å². The zero-order valence-corrected chi connectivity index (χ0v) is 19.6. The fourth-order valence-corrected chi connectivity index (χ4v) is 3.69. The second-order valence-corrected chi connectivity index (χ2v) is 7.84. The largest absolute Gasteiger partial charge is 0.508 e. The van der Waals surface area contributed by atoms with Crippen molar-refractivity contribution in [1.82, 2.24) is 10.6 Å². The number of carbonyl (C=O) groups excluding carboxylic acids is 2. The molecule has 0 spiro atoms. The number of allylic oxidation sites excluding steroid dienone is 10. The van der Waals surface area contributed by atoms with Gasteiger partial charge < -0.3 is 20.8 Å². The molecule has 2 aromatic rings. The van der Waals surface area contributed by atoms with Gasteiger partial charge in [0.1, 0.15) is 11.5 Å². The van der Waals surface area contributed by atoms with Crippen molar-refractivity contribution in [2.24, 2.45) is 0 Å². The van der Waals surface area contributed by atoms with Gasteiger partial charge in [0, 0.05) is 40.3 Å². The van der Waals surface area contributed by atoms with E-state index in [1.54, 1.807) is 97.4 Å². The standard InChI is InChI=1S/C28H24N2O4.Co/c31-23-13-9-19(10-14-23)27(29-17-21-5-1-3-7-25(21)33)28(20-11-15-24(32)16-12-20)30-18-22-6-2-4-8-26(22)34;/h1-18,27-32H;/b21-17-,22-18-;/t27-,28+;. The van der Waals surface area contributed by atoms with E-state index in [4.69, 9.17) is 0 Å². The van der Waals surface area contributed by atoms with Gasteiger partial charge in [0.15, 0.2) is 11.6 Å². The van der Waals surface area contributed by atoms with Gasteiger partial charge in [0.05, 0.1) is 12.1 Å². The molecular weight excluding hydrogens is 487 g/mol. The normalized spacial score (nSPS) is 18.4. The number of ketones is 2. The zero-order valence-electron chi connectivity index (χ0n) is 18.6. The number of rotatable bonds is 7. The number of hydrogen-bond donors (Lipinski definition) is 4. The van der Waals surface area contributed by atoms with Crippen molar-refractivity contribution < 1.29 is 36.6 Å². The second kappa shape index (κ2) is 11.9. The molecule has 1 radical (unpaired) electrons. The number of aromatic hydroxyl groups is 2. The summed E-state index contributed by atoms with van der Waals surface area (Å²) in [4.78, 5) is 24.5. The van der Waals surface area contributed by atoms with Crippen molar-refractivity contribution in [3.63, 3.8) is 0 Å². The first-order valence-corrected chi connectivity index (χ1v) is 10.8. The maximum atomic E-state index is 12.2. The van der Waals surface area contributed by atoms with Crippen molar-refractivity contribution >= 4 is 11.6 Å². The maximum Gasteiger partial charge on any atom is 0.187 e. The van der Waals surface area contributed by atoms with Crippen LogP contribution in [0.15, 0.2) is 121 Å². The van der Waals surface area contributed by atoms with E-state index in [9.17, 15) is 19.8 Å². The van der Waals surface area contributed by atoms with Gasteiger partial charge in [-0.1, -0.05) is 48.6 Å². The summed E-state index contributed by atoms with van der Waals surface area (Å²) in [5, 5.41) is 26.3. The molecule has 6 nitrogen and oxygen atoms in total. The third-order valence-electron chi connectivity index (χ3n) is 5.51. The molecule has 0 saturated heterocycles. The Morgan fingerprint density at radius 2 is 0.914 bits per heavy atom. The van der Waals surface area contributed by atoms with Crippen LogP contribution in [0.5, 0.6) is 11.5 Å². The smallest absolute Gasteiger partial charge is 0.187 e. The minimum Gasteiger partial charge on any atom is -0.508 e. The Morgan fingerprint density at radius 1 is 0.571 bits per heavy atom. The van der Waals surface area contributed by atoms with Gasteiger partial charge in [-0.25, -0.2) is 0 Å². The van der Waals surface area contributed by atoms with E-state index in [0.29, 0.717) is 11.1 Å². The summed E-state index contributed by atoms with van der Waals surface area (Å²) in [5.74, 6) is 0.0515.